The Hall–Kier alpha value is -5.02. The van der Waals surface area contributed by atoms with Crippen LogP contribution < -0.4 is 5.32 Å². The van der Waals surface area contributed by atoms with Crippen molar-refractivity contribution < 1.29 is 0 Å². The lowest BCUT2D eigenvalue weighted by molar-refractivity contribution is 0.674. The summed E-state index contributed by atoms with van der Waals surface area (Å²) in [5, 5.41) is 8.35. The highest BCUT2D eigenvalue weighted by Gasteiger charge is 2.21. The van der Waals surface area contributed by atoms with E-state index in [9.17, 15) is 0 Å². The van der Waals surface area contributed by atoms with Gasteiger partial charge in [0.15, 0.2) is 5.84 Å². The summed E-state index contributed by atoms with van der Waals surface area (Å²) in [5.41, 5.74) is 5.59. The van der Waals surface area contributed by atoms with Crippen LogP contribution in [0.2, 0.25) is 0 Å². The maximum absolute atomic E-state index is 5.08. The van der Waals surface area contributed by atoms with E-state index in [0.29, 0.717) is 0 Å². The number of rotatable bonds is 4. The van der Waals surface area contributed by atoms with Gasteiger partial charge in [-0.2, -0.15) is 0 Å². The van der Waals surface area contributed by atoms with Crippen LogP contribution in [-0.4, -0.2) is 11.7 Å². The van der Waals surface area contributed by atoms with E-state index in [1.807, 2.05) is 36.4 Å². The van der Waals surface area contributed by atoms with Crippen molar-refractivity contribution in [2.75, 3.05) is 0 Å². The molecule has 1 unspecified atom stereocenters. The topological polar surface area (TPSA) is 36.8 Å². The first-order chi connectivity index (χ1) is 18.8. The Labute approximate surface area is 221 Å². The van der Waals surface area contributed by atoms with Crippen LogP contribution in [0, 0.1) is 0 Å². The molecule has 0 saturated heterocycles. The molecule has 180 valence electrons. The van der Waals surface area contributed by atoms with Crippen molar-refractivity contribution in [2.45, 2.75) is 6.17 Å². The number of benzene rings is 6. The van der Waals surface area contributed by atoms with E-state index in [1.165, 1.54) is 27.3 Å². The Morgan fingerprint density at radius 1 is 0.500 bits per heavy atom. The number of aliphatic imine (C=N–C) groups is 2. The maximum Gasteiger partial charge on any atom is 0.160 e. The number of fused-ring (bicyclic) bond motifs is 2. The maximum atomic E-state index is 5.08. The molecule has 0 saturated carbocycles. The Morgan fingerprint density at radius 2 is 1.16 bits per heavy atom. The lowest BCUT2D eigenvalue weighted by Gasteiger charge is -2.24. The number of nitrogens with one attached hydrogen (secondary N) is 1. The minimum atomic E-state index is -0.217. The van der Waals surface area contributed by atoms with E-state index in [2.05, 4.69) is 108 Å². The van der Waals surface area contributed by atoms with Gasteiger partial charge in [0, 0.05) is 11.1 Å². The van der Waals surface area contributed by atoms with Crippen LogP contribution in [0.3, 0.4) is 0 Å². The molecule has 0 radical (unpaired) electrons. The lowest BCUT2D eigenvalue weighted by Crippen LogP contribution is -2.33. The van der Waals surface area contributed by atoms with Gasteiger partial charge in [0.25, 0.3) is 0 Å². The second-order valence-corrected chi connectivity index (χ2v) is 9.54. The molecule has 1 aliphatic rings. The van der Waals surface area contributed by atoms with E-state index in [0.717, 1.165) is 33.7 Å². The predicted molar refractivity (Wildman–Crippen MR) is 159 cm³/mol. The highest BCUT2D eigenvalue weighted by Crippen LogP contribution is 2.30. The highest BCUT2D eigenvalue weighted by molar-refractivity contribution is 6.17. The molecule has 38 heavy (non-hydrogen) atoms. The minimum absolute atomic E-state index is 0.217. The van der Waals surface area contributed by atoms with Crippen molar-refractivity contribution in [3.8, 4) is 11.1 Å². The monoisotopic (exact) mass is 487 g/mol. The minimum Gasteiger partial charge on any atom is -0.344 e. The SMILES string of the molecule is c1ccc(C2=NC(c3cccc4cc(-c5ccc6ccccc6c5)ccc34)=NC(c3ccccc3)N2)cc1. The smallest absolute Gasteiger partial charge is 0.160 e. The summed E-state index contributed by atoms with van der Waals surface area (Å²) in [4.78, 5) is 10.1. The van der Waals surface area contributed by atoms with Crippen molar-refractivity contribution in [1.29, 1.82) is 0 Å². The molecule has 1 aliphatic heterocycles. The van der Waals surface area contributed by atoms with Gasteiger partial charge >= 0.3 is 0 Å². The molecule has 3 heteroatoms. The first kappa shape index (κ1) is 22.2. The molecule has 0 aromatic heterocycles. The molecule has 6 aromatic carbocycles. The zero-order valence-electron chi connectivity index (χ0n) is 20.8. The molecule has 1 heterocycles. The summed E-state index contributed by atoms with van der Waals surface area (Å²) in [6.07, 6.45) is -0.217. The van der Waals surface area contributed by atoms with Gasteiger partial charge in [-0.25, -0.2) is 9.98 Å². The summed E-state index contributed by atoms with van der Waals surface area (Å²) in [6.45, 7) is 0. The standard InChI is InChI=1S/C35H25N3/c1-3-11-25(12-4-1)33-36-34(26-13-5-2-6-14-26)38-35(37-33)32-17-9-16-30-23-29(20-21-31(30)32)28-19-18-24-10-7-8-15-27(24)22-28/h1-23,33H,(H,36,37,38). The van der Waals surface area contributed by atoms with Crippen LogP contribution in [0.25, 0.3) is 32.7 Å². The van der Waals surface area contributed by atoms with Crippen molar-refractivity contribution in [3.63, 3.8) is 0 Å². The molecule has 7 rings (SSSR count). The zero-order chi connectivity index (χ0) is 25.3. The van der Waals surface area contributed by atoms with Gasteiger partial charge < -0.3 is 5.32 Å². The number of hydrogen-bond donors (Lipinski definition) is 1. The molecule has 0 amide bonds. The molecule has 0 fully saturated rings. The lowest BCUT2D eigenvalue weighted by atomic mass is 9.96. The van der Waals surface area contributed by atoms with Gasteiger partial charge in [0.05, 0.1) is 0 Å². The zero-order valence-corrected chi connectivity index (χ0v) is 20.8. The van der Waals surface area contributed by atoms with Crippen LogP contribution in [0.5, 0.6) is 0 Å². The normalized spacial score (nSPS) is 15.1. The quantitative estimate of drug-likeness (QED) is 0.268. The van der Waals surface area contributed by atoms with E-state index >= 15 is 0 Å². The number of amidine groups is 2. The number of hydrogen-bond acceptors (Lipinski definition) is 3. The molecule has 0 bridgehead atoms. The molecular weight excluding hydrogens is 462 g/mol. The Balaban J connectivity index is 1.34. The first-order valence-corrected chi connectivity index (χ1v) is 12.9. The summed E-state index contributed by atoms with van der Waals surface area (Å²) in [6, 6.07) is 48.8. The fourth-order valence-corrected chi connectivity index (χ4v) is 5.15. The van der Waals surface area contributed by atoms with Crippen LogP contribution in [0.1, 0.15) is 22.9 Å². The van der Waals surface area contributed by atoms with E-state index < -0.39 is 0 Å². The average molecular weight is 488 g/mol. The molecule has 1 N–H and O–H groups in total. The van der Waals surface area contributed by atoms with Crippen molar-refractivity contribution in [2.24, 2.45) is 9.98 Å². The van der Waals surface area contributed by atoms with Gasteiger partial charge in [-0.15, -0.1) is 0 Å². The molecule has 6 aromatic rings. The molecule has 0 aliphatic carbocycles. The van der Waals surface area contributed by atoms with E-state index in [1.54, 1.807) is 0 Å². The van der Waals surface area contributed by atoms with Crippen LogP contribution in [-0.2, 0) is 0 Å². The molecular formula is C35H25N3. The average Bonchev–Trinajstić information content (AvgIpc) is 3.01. The summed E-state index contributed by atoms with van der Waals surface area (Å²) in [7, 11) is 0. The van der Waals surface area contributed by atoms with Crippen molar-refractivity contribution in [3.05, 3.63) is 156 Å². The summed E-state index contributed by atoms with van der Waals surface area (Å²) >= 11 is 0. The Kier molecular flexibility index (Phi) is 5.52. The third kappa shape index (κ3) is 4.14. The fraction of sp³-hybridized carbons (Fsp3) is 0.0286. The van der Waals surface area contributed by atoms with E-state index in [4.69, 9.17) is 9.98 Å². The second-order valence-electron chi connectivity index (χ2n) is 9.54. The van der Waals surface area contributed by atoms with Crippen molar-refractivity contribution in [1.82, 2.24) is 5.32 Å². The second kappa shape index (κ2) is 9.45. The highest BCUT2D eigenvalue weighted by atomic mass is 15.2. The fourth-order valence-electron chi connectivity index (χ4n) is 5.15. The molecule has 3 nitrogen and oxygen atoms in total. The van der Waals surface area contributed by atoms with Crippen LogP contribution in [0.4, 0.5) is 0 Å². The van der Waals surface area contributed by atoms with Crippen molar-refractivity contribution >= 4 is 33.2 Å². The summed E-state index contributed by atoms with van der Waals surface area (Å²) in [5.74, 6) is 1.56. The van der Waals surface area contributed by atoms with Gasteiger partial charge in [0.2, 0.25) is 0 Å². The Morgan fingerprint density at radius 3 is 1.97 bits per heavy atom. The first-order valence-electron chi connectivity index (χ1n) is 12.9. The third-order valence-corrected chi connectivity index (χ3v) is 7.11. The number of nitrogens with zero attached hydrogens (tertiary/aromatic N) is 2. The van der Waals surface area contributed by atoms with Gasteiger partial charge in [-0.1, -0.05) is 127 Å². The van der Waals surface area contributed by atoms with Crippen LogP contribution >= 0.6 is 0 Å². The van der Waals surface area contributed by atoms with Gasteiger partial charge in [0.1, 0.15) is 12.0 Å². The molecule has 0 spiro atoms. The third-order valence-electron chi connectivity index (χ3n) is 7.11. The summed E-state index contributed by atoms with van der Waals surface area (Å²) < 4.78 is 0. The van der Waals surface area contributed by atoms with Gasteiger partial charge in [-0.05, 0) is 50.4 Å². The molecule has 1 atom stereocenters. The Bertz CT molecular complexity index is 1840. The van der Waals surface area contributed by atoms with E-state index in [-0.39, 0.29) is 6.17 Å². The predicted octanol–water partition coefficient (Wildman–Crippen LogP) is 8.16. The van der Waals surface area contributed by atoms with Gasteiger partial charge in [-0.3, -0.25) is 0 Å². The largest absolute Gasteiger partial charge is 0.344 e. The van der Waals surface area contributed by atoms with Crippen LogP contribution in [0.15, 0.2) is 150 Å².